The lowest BCUT2D eigenvalue weighted by Gasteiger charge is -2.19. The Morgan fingerprint density at radius 3 is 2.37 bits per heavy atom. The highest BCUT2D eigenvalue weighted by Crippen LogP contribution is 2.34. The molecular formula is C21H20ClNO4. The van der Waals surface area contributed by atoms with E-state index in [0.717, 1.165) is 5.56 Å². The number of hydrogen-bond donors (Lipinski definition) is 2. The number of aliphatic hydroxyl groups excluding tert-OH is 1. The van der Waals surface area contributed by atoms with E-state index < -0.39 is 5.56 Å². The minimum Gasteiger partial charge on any atom is -0.504 e. The number of hydrogen-bond acceptors (Lipinski definition) is 4. The SMILES string of the molecule is Cc1c(O)c(OCc2ccccc2)c(=O)n(CCO)c1-c1ccc(Cl)cc1. The van der Waals surface area contributed by atoms with Crippen molar-refractivity contribution in [1.29, 1.82) is 0 Å². The lowest BCUT2D eigenvalue weighted by molar-refractivity contribution is 0.263. The first-order valence-electron chi connectivity index (χ1n) is 8.52. The molecule has 0 amide bonds. The maximum atomic E-state index is 13.0. The van der Waals surface area contributed by atoms with Crippen LogP contribution in [0.15, 0.2) is 59.4 Å². The summed E-state index contributed by atoms with van der Waals surface area (Å²) in [7, 11) is 0. The molecule has 0 aliphatic rings. The zero-order chi connectivity index (χ0) is 19.4. The molecule has 2 N–H and O–H groups in total. The van der Waals surface area contributed by atoms with Crippen LogP contribution in [-0.2, 0) is 13.2 Å². The van der Waals surface area contributed by atoms with E-state index in [2.05, 4.69) is 0 Å². The summed E-state index contributed by atoms with van der Waals surface area (Å²) in [6, 6.07) is 16.3. The van der Waals surface area contributed by atoms with Crippen LogP contribution in [0.4, 0.5) is 0 Å². The lowest BCUT2D eigenvalue weighted by atomic mass is 10.0. The molecule has 140 valence electrons. The van der Waals surface area contributed by atoms with Crippen LogP contribution in [0.1, 0.15) is 11.1 Å². The van der Waals surface area contributed by atoms with E-state index in [1.54, 1.807) is 31.2 Å². The van der Waals surface area contributed by atoms with Crippen molar-refractivity contribution in [1.82, 2.24) is 4.57 Å². The van der Waals surface area contributed by atoms with Crippen molar-refractivity contribution in [3.05, 3.63) is 81.1 Å². The Bertz CT molecular complexity index is 982. The van der Waals surface area contributed by atoms with Gasteiger partial charge in [-0.15, -0.1) is 0 Å². The van der Waals surface area contributed by atoms with E-state index in [4.69, 9.17) is 16.3 Å². The fourth-order valence-corrected chi connectivity index (χ4v) is 3.09. The van der Waals surface area contributed by atoms with Crippen LogP contribution in [0.3, 0.4) is 0 Å². The monoisotopic (exact) mass is 385 g/mol. The second-order valence-electron chi connectivity index (χ2n) is 6.11. The average molecular weight is 386 g/mol. The first kappa shape index (κ1) is 19.0. The van der Waals surface area contributed by atoms with Crippen molar-refractivity contribution in [3.63, 3.8) is 0 Å². The molecule has 0 saturated heterocycles. The molecule has 3 rings (SSSR count). The molecular weight excluding hydrogens is 366 g/mol. The second-order valence-corrected chi connectivity index (χ2v) is 6.55. The van der Waals surface area contributed by atoms with Crippen LogP contribution in [0.2, 0.25) is 5.02 Å². The van der Waals surface area contributed by atoms with Crippen molar-refractivity contribution in [2.45, 2.75) is 20.1 Å². The highest BCUT2D eigenvalue weighted by Gasteiger charge is 2.21. The summed E-state index contributed by atoms with van der Waals surface area (Å²) in [5.41, 5.74) is 2.12. The number of ether oxygens (including phenoxy) is 1. The topological polar surface area (TPSA) is 71.7 Å². The van der Waals surface area contributed by atoms with Crippen LogP contribution >= 0.6 is 11.6 Å². The Morgan fingerprint density at radius 1 is 1.07 bits per heavy atom. The molecule has 0 aliphatic heterocycles. The summed E-state index contributed by atoms with van der Waals surface area (Å²) < 4.78 is 7.06. The van der Waals surface area contributed by atoms with Gasteiger partial charge in [-0.3, -0.25) is 4.79 Å². The number of aliphatic hydroxyl groups is 1. The second kappa shape index (κ2) is 8.29. The van der Waals surface area contributed by atoms with Crippen LogP contribution in [0, 0.1) is 6.92 Å². The standard InChI is InChI=1S/C21H20ClNO4/c1-14-18(16-7-9-17(22)10-8-16)23(11-12-24)21(26)20(19(14)25)27-13-15-5-3-2-4-6-15/h2-10,24-25H,11-13H2,1H3. The highest BCUT2D eigenvalue weighted by molar-refractivity contribution is 6.30. The van der Waals surface area contributed by atoms with Gasteiger partial charge in [0.15, 0.2) is 5.75 Å². The smallest absolute Gasteiger partial charge is 0.297 e. The Hall–Kier alpha value is -2.76. The zero-order valence-corrected chi connectivity index (χ0v) is 15.6. The number of halogens is 1. The third kappa shape index (κ3) is 3.99. The molecule has 0 aliphatic carbocycles. The molecule has 0 unspecified atom stereocenters. The predicted octanol–water partition coefficient (Wildman–Crippen LogP) is 3.75. The number of benzene rings is 2. The molecule has 3 aromatic rings. The maximum absolute atomic E-state index is 13.0. The normalized spacial score (nSPS) is 10.8. The molecule has 0 spiro atoms. The highest BCUT2D eigenvalue weighted by atomic mass is 35.5. The predicted molar refractivity (Wildman–Crippen MR) is 105 cm³/mol. The molecule has 1 heterocycles. The number of aromatic nitrogens is 1. The molecule has 0 saturated carbocycles. The van der Waals surface area contributed by atoms with Gasteiger partial charge in [-0.25, -0.2) is 0 Å². The minimum atomic E-state index is -0.493. The van der Waals surface area contributed by atoms with Crippen LogP contribution in [-0.4, -0.2) is 21.4 Å². The van der Waals surface area contributed by atoms with Gasteiger partial charge in [-0.1, -0.05) is 54.1 Å². The Morgan fingerprint density at radius 2 is 1.74 bits per heavy atom. The van der Waals surface area contributed by atoms with Gasteiger partial charge in [0, 0.05) is 17.1 Å². The summed E-state index contributed by atoms with van der Waals surface area (Å²) >= 11 is 5.95. The van der Waals surface area contributed by atoms with E-state index in [-0.39, 0.29) is 31.3 Å². The van der Waals surface area contributed by atoms with Crippen LogP contribution < -0.4 is 10.3 Å². The van der Waals surface area contributed by atoms with E-state index >= 15 is 0 Å². The quantitative estimate of drug-likeness (QED) is 0.677. The molecule has 0 atom stereocenters. The van der Waals surface area contributed by atoms with E-state index in [9.17, 15) is 15.0 Å². The van der Waals surface area contributed by atoms with Gasteiger partial charge in [0.1, 0.15) is 6.61 Å². The van der Waals surface area contributed by atoms with Gasteiger partial charge in [-0.2, -0.15) is 0 Å². The van der Waals surface area contributed by atoms with Crippen molar-refractivity contribution in [3.8, 4) is 22.8 Å². The van der Waals surface area contributed by atoms with Gasteiger partial charge in [-0.05, 0) is 30.2 Å². The third-order valence-corrected chi connectivity index (χ3v) is 4.55. The summed E-state index contributed by atoms with van der Waals surface area (Å²) in [5, 5.41) is 20.6. The van der Waals surface area contributed by atoms with Gasteiger partial charge in [0.25, 0.3) is 5.56 Å². The molecule has 0 fully saturated rings. The molecule has 2 aromatic carbocycles. The van der Waals surface area contributed by atoms with Crippen molar-refractivity contribution in [2.24, 2.45) is 0 Å². The molecule has 0 radical (unpaired) electrons. The van der Waals surface area contributed by atoms with Gasteiger partial charge in [0.2, 0.25) is 5.75 Å². The van der Waals surface area contributed by atoms with Crippen LogP contribution in [0.5, 0.6) is 11.5 Å². The van der Waals surface area contributed by atoms with Crippen LogP contribution in [0.25, 0.3) is 11.3 Å². The molecule has 1 aromatic heterocycles. The molecule has 5 nitrogen and oxygen atoms in total. The Balaban J connectivity index is 2.08. The Labute approximate surface area is 162 Å². The number of pyridine rings is 1. The summed E-state index contributed by atoms with van der Waals surface area (Å²) in [6.45, 7) is 1.73. The van der Waals surface area contributed by atoms with E-state index in [1.807, 2.05) is 30.3 Å². The van der Waals surface area contributed by atoms with Crippen molar-refractivity contribution >= 4 is 11.6 Å². The van der Waals surface area contributed by atoms with Gasteiger partial charge < -0.3 is 19.5 Å². The largest absolute Gasteiger partial charge is 0.504 e. The Kier molecular flexibility index (Phi) is 5.84. The van der Waals surface area contributed by atoms with Gasteiger partial charge >= 0.3 is 0 Å². The lowest BCUT2D eigenvalue weighted by Crippen LogP contribution is -2.26. The molecule has 6 heteroatoms. The minimum absolute atomic E-state index is 0.0829. The first-order chi connectivity index (χ1) is 13.0. The number of aromatic hydroxyl groups is 1. The summed E-state index contributed by atoms with van der Waals surface area (Å²) in [5.74, 6) is -0.322. The third-order valence-electron chi connectivity index (χ3n) is 4.30. The zero-order valence-electron chi connectivity index (χ0n) is 14.9. The fraction of sp³-hybridized carbons (Fsp3) is 0.190. The first-order valence-corrected chi connectivity index (χ1v) is 8.90. The summed E-state index contributed by atoms with van der Waals surface area (Å²) in [4.78, 5) is 13.0. The van der Waals surface area contributed by atoms with Crippen molar-refractivity contribution < 1.29 is 14.9 Å². The number of rotatable bonds is 6. The van der Waals surface area contributed by atoms with Crippen molar-refractivity contribution in [2.75, 3.05) is 6.61 Å². The van der Waals surface area contributed by atoms with Gasteiger partial charge in [0.05, 0.1) is 12.3 Å². The average Bonchev–Trinajstić information content (AvgIpc) is 2.68. The molecule has 27 heavy (non-hydrogen) atoms. The fourth-order valence-electron chi connectivity index (χ4n) is 2.96. The van der Waals surface area contributed by atoms with E-state index in [1.165, 1.54) is 4.57 Å². The maximum Gasteiger partial charge on any atom is 0.297 e. The molecule has 0 bridgehead atoms. The summed E-state index contributed by atoms with van der Waals surface area (Å²) in [6.07, 6.45) is 0. The van der Waals surface area contributed by atoms with E-state index in [0.29, 0.717) is 21.8 Å². The number of nitrogens with zero attached hydrogens (tertiary/aromatic N) is 1.